The molecule has 1 spiro atoms. The minimum Gasteiger partial charge on any atom is -0.493 e. The third-order valence-electron chi connectivity index (χ3n) is 6.64. The number of carbonyl (C=O) groups excluding carboxylic acids is 1. The monoisotopic (exact) mass is 300 g/mol. The highest BCUT2D eigenvalue weighted by molar-refractivity contribution is 5.89. The SMILES string of the molecule is COc1ccc2c3c1OC1C(=O)CCC4(O)C(CCCC314)C2. The average Bonchev–Trinajstić information content (AvgIpc) is 2.85. The van der Waals surface area contributed by atoms with E-state index in [2.05, 4.69) is 6.07 Å². The summed E-state index contributed by atoms with van der Waals surface area (Å²) < 4.78 is 11.6. The Labute approximate surface area is 129 Å². The Morgan fingerprint density at radius 2 is 2.23 bits per heavy atom. The lowest BCUT2D eigenvalue weighted by Crippen LogP contribution is -2.69. The van der Waals surface area contributed by atoms with Crippen LogP contribution in [-0.2, 0) is 16.6 Å². The van der Waals surface area contributed by atoms with Crippen molar-refractivity contribution in [1.82, 2.24) is 0 Å². The number of hydrogen-bond donors (Lipinski definition) is 1. The molecule has 2 bridgehead atoms. The zero-order chi connectivity index (χ0) is 15.1. The summed E-state index contributed by atoms with van der Waals surface area (Å²) >= 11 is 0. The molecule has 4 atom stereocenters. The van der Waals surface area contributed by atoms with Crippen LogP contribution in [0.1, 0.15) is 43.2 Å². The van der Waals surface area contributed by atoms with E-state index in [-0.39, 0.29) is 11.7 Å². The maximum atomic E-state index is 12.6. The van der Waals surface area contributed by atoms with Gasteiger partial charge in [0, 0.05) is 12.0 Å². The van der Waals surface area contributed by atoms with E-state index < -0.39 is 17.1 Å². The molecular weight excluding hydrogens is 280 g/mol. The van der Waals surface area contributed by atoms with Gasteiger partial charge in [-0.3, -0.25) is 4.79 Å². The molecule has 4 unspecified atom stereocenters. The van der Waals surface area contributed by atoms with Gasteiger partial charge < -0.3 is 14.6 Å². The molecule has 1 N–H and O–H groups in total. The van der Waals surface area contributed by atoms with Crippen molar-refractivity contribution in [2.75, 3.05) is 7.11 Å². The van der Waals surface area contributed by atoms with Gasteiger partial charge in [0.2, 0.25) is 0 Å². The fourth-order valence-electron chi connectivity index (χ4n) is 5.79. The molecule has 3 aliphatic carbocycles. The van der Waals surface area contributed by atoms with Crippen molar-refractivity contribution in [2.24, 2.45) is 5.92 Å². The Bertz CT molecular complexity index is 697. The van der Waals surface area contributed by atoms with Crippen LogP contribution in [0.15, 0.2) is 12.1 Å². The molecule has 4 heteroatoms. The number of hydrogen-bond acceptors (Lipinski definition) is 4. The molecule has 1 aromatic carbocycles. The molecule has 2 fully saturated rings. The van der Waals surface area contributed by atoms with E-state index in [4.69, 9.17) is 9.47 Å². The summed E-state index contributed by atoms with van der Waals surface area (Å²) in [6.45, 7) is 0. The standard InChI is InChI=1S/C18H20O4/c1-21-13-5-4-10-9-11-3-2-7-17-14(10)15(13)22-16(17)12(19)6-8-18(11,17)20/h4-5,11,16,20H,2-3,6-9H2,1H3. The van der Waals surface area contributed by atoms with E-state index in [1.165, 1.54) is 5.56 Å². The summed E-state index contributed by atoms with van der Waals surface area (Å²) in [7, 11) is 1.63. The fourth-order valence-corrected chi connectivity index (χ4v) is 5.79. The molecule has 116 valence electrons. The van der Waals surface area contributed by atoms with E-state index in [0.717, 1.165) is 31.2 Å². The Morgan fingerprint density at radius 3 is 3.05 bits per heavy atom. The van der Waals surface area contributed by atoms with E-state index in [0.29, 0.717) is 24.3 Å². The van der Waals surface area contributed by atoms with Crippen molar-refractivity contribution in [3.8, 4) is 11.5 Å². The third kappa shape index (κ3) is 1.16. The number of ketones is 1. The third-order valence-corrected chi connectivity index (χ3v) is 6.64. The molecule has 1 heterocycles. The van der Waals surface area contributed by atoms with Gasteiger partial charge in [0.05, 0.1) is 18.1 Å². The summed E-state index contributed by atoms with van der Waals surface area (Å²) in [5.41, 5.74) is 0.975. The zero-order valence-corrected chi connectivity index (χ0v) is 12.7. The predicted molar refractivity (Wildman–Crippen MR) is 79.3 cm³/mol. The minimum absolute atomic E-state index is 0.136. The van der Waals surface area contributed by atoms with Crippen LogP contribution in [0.4, 0.5) is 0 Å². The van der Waals surface area contributed by atoms with Crippen LogP contribution in [0.5, 0.6) is 11.5 Å². The molecule has 4 nitrogen and oxygen atoms in total. The Kier molecular flexibility index (Phi) is 2.27. The number of Topliss-reactive ketones (excluding diaryl/α,β-unsaturated/α-hetero) is 1. The highest BCUT2D eigenvalue weighted by Gasteiger charge is 2.71. The lowest BCUT2D eigenvalue weighted by Gasteiger charge is -2.59. The first-order valence-electron chi connectivity index (χ1n) is 8.24. The summed E-state index contributed by atoms with van der Waals surface area (Å²) in [5, 5.41) is 11.6. The van der Waals surface area contributed by atoms with E-state index >= 15 is 0 Å². The Balaban J connectivity index is 1.87. The van der Waals surface area contributed by atoms with Crippen molar-refractivity contribution in [3.05, 3.63) is 23.3 Å². The molecule has 0 aromatic heterocycles. The number of benzene rings is 1. The quantitative estimate of drug-likeness (QED) is 0.863. The molecule has 0 saturated heterocycles. The van der Waals surface area contributed by atoms with Gasteiger partial charge >= 0.3 is 0 Å². The first-order chi connectivity index (χ1) is 10.6. The minimum atomic E-state index is -0.797. The van der Waals surface area contributed by atoms with Crippen molar-refractivity contribution in [2.45, 2.75) is 55.6 Å². The van der Waals surface area contributed by atoms with Gasteiger partial charge in [-0.05, 0) is 43.2 Å². The smallest absolute Gasteiger partial charge is 0.174 e. The van der Waals surface area contributed by atoms with Gasteiger partial charge in [0.15, 0.2) is 23.4 Å². The van der Waals surface area contributed by atoms with E-state index in [1.807, 2.05) is 6.07 Å². The maximum absolute atomic E-state index is 12.6. The molecule has 2 saturated carbocycles. The van der Waals surface area contributed by atoms with Crippen molar-refractivity contribution in [1.29, 1.82) is 0 Å². The number of rotatable bonds is 1. The molecule has 5 rings (SSSR count). The topological polar surface area (TPSA) is 55.8 Å². The summed E-state index contributed by atoms with van der Waals surface area (Å²) in [6, 6.07) is 4.04. The van der Waals surface area contributed by atoms with Crippen LogP contribution < -0.4 is 9.47 Å². The fraction of sp³-hybridized carbons (Fsp3) is 0.611. The van der Waals surface area contributed by atoms with Crippen molar-refractivity contribution in [3.63, 3.8) is 0 Å². The van der Waals surface area contributed by atoms with Gasteiger partial charge in [-0.25, -0.2) is 0 Å². The molecule has 0 amide bonds. The van der Waals surface area contributed by atoms with Gasteiger partial charge in [-0.15, -0.1) is 0 Å². The lowest BCUT2D eigenvalue weighted by molar-refractivity contribution is -0.177. The van der Waals surface area contributed by atoms with Crippen LogP contribution >= 0.6 is 0 Å². The highest BCUT2D eigenvalue weighted by atomic mass is 16.5. The van der Waals surface area contributed by atoms with Crippen LogP contribution in [0.3, 0.4) is 0 Å². The second-order valence-corrected chi connectivity index (χ2v) is 7.28. The number of aliphatic hydroxyl groups is 1. The van der Waals surface area contributed by atoms with Crippen LogP contribution in [0.2, 0.25) is 0 Å². The van der Waals surface area contributed by atoms with E-state index in [1.54, 1.807) is 7.11 Å². The molecule has 22 heavy (non-hydrogen) atoms. The van der Waals surface area contributed by atoms with Gasteiger partial charge in [-0.2, -0.15) is 0 Å². The number of methoxy groups -OCH3 is 1. The lowest BCUT2D eigenvalue weighted by atomic mass is 9.46. The van der Waals surface area contributed by atoms with Gasteiger partial charge in [0.25, 0.3) is 0 Å². The molecule has 0 radical (unpaired) electrons. The summed E-state index contributed by atoms with van der Waals surface area (Å²) in [6.07, 6.45) is 4.28. The second-order valence-electron chi connectivity index (χ2n) is 7.28. The largest absolute Gasteiger partial charge is 0.493 e. The van der Waals surface area contributed by atoms with Crippen LogP contribution in [0, 0.1) is 5.92 Å². The molecule has 4 aliphatic rings. The van der Waals surface area contributed by atoms with Gasteiger partial charge in [-0.1, -0.05) is 12.5 Å². The van der Waals surface area contributed by atoms with Crippen molar-refractivity contribution < 1.29 is 19.4 Å². The van der Waals surface area contributed by atoms with Crippen molar-refractivity contribution >= 4 is 5.78 Å². The van der Waals surface area contributed by atoms with Crippen LogP contribution in [0.25, 0.3) is 0 Å². The Hall–Kier alpha value is -1.55. The average molecular weight is 300 g/mol. The molecule has 1 aliphatic heterocycles. The first-order valence-corrected chi connectivity index (χ1v) is 8.24. The van der Waals surface area contributed by atoms with Crippen LogP contribution in [-0.4, -0.2) is 29.7 Å². The summed E-state index contributed by atoms with van der Waals surface area (Å²) in [5.74, 6) is 1.77. The second kappa shape index (κ2) is 3.85. The zero-order valence-electron chi connectivity index (χ0n) is 12.7. The predicted octanol–water partition coefficient (Wildman–Crippen LogP) is 2.14. The first kappa shape index (κ1) is 12.9. The molecule has 1 aromatic rings. The number of carbonyl (C=O) groups is 1. The maximum Gasteiger partial charge on any atom is 0.174 e. The summed E-state index contributed by atoms with van der Waals surface area (Å²) in [4.78, 5) is 12.6. The highest BCUT2D eigenvalue weighted by Crippen LogP contribution is 2.66. The normalized spacial score (nSPS) is 40.9. The number of ether oxygens (including phenoxy) is 2. The Morgan fingerprint density at radius 1 is 1.36 bits per heavy atom. The van der Waals surface area contributed by atoms with E-state index in [9.17, 15) is 9.90 Å². The van der Waals surface area contributed by atoms with Gasteiger partial charge in [0.1, 0.15) is 0 Å². The molecular formula is C18H20O4.